The lowest BCUT2D eigenvalue weighted by atomic mass is 9.33. The van der Waals surface area contributed by atoms with E-state index in [2.05, 4.69) is 76.1 Å². The summed E-state index contributed by atoms with van der Waals surface area (Å²) < 4.78 is 46.4. The summed E-state index contributed by atoms with van der Waals surface area (Å²) in [6, 6.07) is 10.0. The fourth-order valence-corrected chi connectivity index (χ4v) is 14.2. The molecule has 1 aromatic carbocycles. The molecule has 1 saturated heterocycles. The number of methoxy groups -OCH3 is 1. The topological polar surface area (TPSA) is 111 Å². The predicted molar refractivity (Wildman–Crippen MR) is 197 cm³/mol. The zero-order chi connectivity index (χ0) is 36.8. The standard InChI is InChI=1S/C42H61NO7S/c1-37(2)31-14-18-42(7)34(40(31,5)17-15-32(37)43-51(46,47)23-16-33(45)48-8)30(44)24-28-29-25-39(4,20-19-38(29,3)21-22-41(28,42)6)35-36(50-35)49-26-27-12-10-9-11-13-27/h9-13,24,29,31-32,34-36,43H,14-23,25-26H2,1-8H3/t29-,31-,32-,34+,35?,36?,38+,39-,40-,41+,42+/m0/s1. The Morgan fingerprint density at radius 2 is 1.61 bits per heavy atom. The third kappa shape index (κ3) is 5.99. The van der Waals surface area contributed by atoms with Crippen molar-refractivity contribution in [2.24, 2.45) is 50.2 Å². The Bertz CT molecular complexity index is 1690. The minimum Gasteiger partial charge on any atom is -0.469 e. The van der Waals surface area contributed by atoms with Crippen molar-refractivity contribution in [1.82, 2.24) is 4.72 Å². The second kappa shape index (κ2) is 12.5. The normalized spacial score (nSPS) is 44.2. The van der Waals surface area contributed by atoms with Crippen molar-refractivity contribution < 1.29 is 32.2 Å². The number of ketones is 1. The molecular weight excluding hydrogens is 663 g/mol. The second-order valence-electron chi connectivity index (χ2n) is 19.2. The van der Waals surface area contributed by atoms with E-state index in [-0.39, 0.29) is 80.7 Å². The van der Waals surface area contributed by atoms with Crippen LogP contribution in [0.1, 0.15) is 118 Å². The van der Waals surface area contributed by atoms with Crippen molar-refractivity contribution in [2.45, 2.75) is 138 Å². The van der Waals surface area contributed by atoms with Gasteiger partial charge in [0, 0.05) is 12.0 Å². The fourth-order valence-electron chi connectivity index (χ4n) is 12.7. The maximum atomic E-state index is 14.9. The Hall–Kier alpha value is -2.07. The Labute approximate surface area is 306 Å². The van der Waals surface area contributed by atoms with Crippen LogP contribution >= 0.6 is 0 Å². The number of carbonyl (C=O) groups excluding carboxylic acids is 2. The predicted octanol–water partition coefficient (Wildman–Crippen LogP) is 7.76. The first-order valence-electron chi connectivity index (χ1n) is 19.5. The Balaban J connectivity index is 1.13. The van der Waals surface area contributed by atoms with Crippen LogP contribution in [0.15, 0.2) is 42.0 Å². The maximum Gasteiger partial charge on any atom is 0.306 e. The van der Waals surface area contributed by atoms with E-state index in [1.165, 1.54) is 19.1 Å². The van der Waals surface area contributed by atoms with Crippen LogP contribution in [0.2, 0.25) is 0 Å². The second-order valence-corrected chi connectivity index (χ2v) is 21.1. The average Bonchev–Trinajstić information content (AvgIpc) is 3.87. The van der Waals surface area contributed by atoms with Gasteiger partial charge in [-0.15, -0.1) is 0 Å². The third-order valence-electron chi connectivity index (χ3n) is 16.2. The molecule has 0 spiro atoms. The van der Waals surface area contributed by atoms with E-state index in [9.17, 15) is 18.0 Å². The van der Waals surface area contributed by atoms with Gasteiger partial charge >= 0.3 is 5.97 Å². The highest BCUT2D eigenvalue weighted by Gasteiger charge is 2.71. The molecule has 5 aliphatic carbocycles. The van der Waals surface area contributed by atoms with Gasteiger partial charge in [-0.1, -0.05) is 84.4 Å². The highest BCUT2D eigenvalue weighted by atomic mass is 32.2. The smallest absolute Gasteiger partial charge is 0.306 e. The van der Waals surface area contributed by atoms with Crippen molar-refractivity contribution >= 4 is 21.8 Å². The lowest BCUT2D eigenvalue weighted by molar-refractivity contribution is -0.188. The monoisotopic (exact) mass is 723 g/mol. The van der Waals surface area contributed by atoms with Crippen molar-refractivity contribution in [1.29, 1.82) is 0 Å². The van der Waals surface area contributed by atoms with E-state index in [0.717, 1.165) is 50.5 Å². The molecule has 0 bridgehead atoms. The highest BCUT2D eigenvalue weighted by molar-refractivity contribution is 7.89. The molecule has 0 radical (unpaired) electrons. The van der Waals surface area contributed by atoms with Gasteiger partial charge in [-0.2, -0.15) is 0 Å². The zero-order valence-corrected chi connectivity index (χ0v) is 33.0. The van der Waals surface area contributed by atoms with Crippen LogP contribution in [-0.2, 0) is 40.4 Å². The molecule has 2 unspecified atom stereocenters. The number of carbonyl (C=O) groups is 2. The van der Waals surface area contributed by atoms with Gasteiger partial charge in [0.1, 0.15) is 6.10 Å². The molecule has 51 heavy (non-hydrogen) atoms. The summed E-state index contributed by atoms with van der Waals surface area (Å²) in [5.41, 5.74) is 1.80. The molecule has 0 amide bonds. The molecule has 1 N–H and O–H groups in total. The Morgan fingerprint density at radius 3 is 2.31 bits per heavy atom. The largest absolute Gasteiger partial charge is 0.469 e. The van der Waals surface area contributed by atoms with Gasteiger partial charge in [-0.25, -0.2) is 13.1 Å². The lowest BCUT2D eigenvalue weighted by Gasteiger charge is -2.70. The SMILES string of the molecule is COC(=O)CCS(=O)(=O)N[C@H]1CC[C@]2(C)[C@H]3C(=O)C=C4[C@@H]5C[C@@](C)(C6OC6OCc6ccccc6)CC[C@]5(C)CC[C@@]4(C)[C@]3(C)CC[C@H]2C1(C)C. The number of fused-ring (bicyclic) bond motifs is 7. The number of epoxide rings is 1. The van der Waals surface area contributed by atoms with Gasteiger partial charge in [-0.3, -0.25) is 9.59 Å². The van der Waals surface area contributed by atoms with Crippen LogP contribution in [0.4, 0.5) is 0 Å². The van der Waals surface area contributed by atoms with Crippen LogP contribution in [0.5, 0.6) is 0 Å². The molecule has 1 aromatic rings. The first kappa shape index (κ1) is 37.3. The average molecular weight is 724 g/mol. The summed E-state index contributed by atoms with van der Waals surface area (Å²) in [7, 11) is -2.41. The number of hydrogen-bond donors (Lipinski definition) is 1. The van der Waals surface area contributed by atoms with Gasteiger partial charge in [0.05, 0.1) is 25.9 Å². The van der Waals surface area contributed by atoms with E-state index in [0.29, 0.717) is 18.9 Å². The van der Waals surface area contributed by atoms with Crippen LogP contribution in [0.25, 0.3) is 0 Å². The van der Waals surface area contributed by atoms with Crippen LogP contribution in [0.3, 0.4) is 0 Å². The van der Waals surface area contributed by atoms with Crippen LogP contribution < -0.4 is 4.72 Å². The summed E-state index contributed by atoms with van der Waals surface area (Å²) in [5.74, 6) is -0.138. The van der Waals surface area contributed by atoms with Crippen molar-refractivity contribution in [3.8, 4) is 0 Å². The molecule has 9 heteroatoms. The summed E-state index contributed by atoms with van der Waals surface area (Å²) in [4.78, 5) is 26.6. The molecule has 6 aliphatic rings. The van der Waals surface area contributed by atoms with E-state index in [4.69, 9.17) is 9.47 Å². The third-order valence-corrected chi connectivity index (χ3v) is 17.5. The quantitative estimate of drug-likeness (QED) is 0.205. The van der Waals surface area contributed by atoms with Gasteiger partial charge in [-0.05, 0) is 114 Å². The summed E-state index contributed by atoms with van der Waals surface area (Å²) >= 11 is 0. The van der Waals surface area contributed by atoms with Gasteiger partial charge in [0.25, 0.3) is 0 Å². The first-order valence-corrected chi connectivity index (χ1v) is 21.1. The Kier molecular flexibility index (Phi) is 9.12. The lowest BCUT2D eigenvalue weighted by Crippen LogP contribution is -2.67. The van der Waals surface area contributed by atoms with Gasteiger partial charge in [0.2, 0.25) is 10.0 Å². The minimum atomic E-state index is -3.68. The number of nitrogens with one attached hydrogen (secondary N) is 1. The molecule has 1 aliphatic heterocycles. The fraction of sp³-hybridized carbons (Fsp3) is 0.762. The molecule has 1 heterocycles. The van der Waals surface area contributed by atoms with E-state index < -0.39 is 16.0 Å². The minimum absolute atomic E-state index is 0.0122. The molecule has 0 aromatic heterocycles. The molecule has 4 saturated carbocycles. The van der Waals surface area contributed by atoms with Crippen molar-refractivity contribution in [3.05, 3.63) is 47.5 Å². The summed E-state index contributed by atoms with van der Waals surface area (Å²) in [5, 5.41) is 0. The van der Waals surface area contributed by atoms with E-state index >= 15 is 0 Å². The molecular formula is C42H61NO7S. The Morgan fingerprint density at radius 1 is 0.922 bits per heavy atom. The molecule has 7 rings (SSSR count). The van der Waals surface area contributed by atoms with Crippen molar-refractivity contribution in [2.75, 3.05) is 12.9 Å². The van der Waals surface area contributed by atoms with E-state index in [1.54, 1.807) is 0 Å². The number of esters is 1. The van der Waals surface area contributed by atoms with Crippen LogP contribution in [-0.4, -0.2) is 51.5 Å². The number of allylic oxidation sites excluding steroid dienone is 2. The maximum absolute atomic E-state index is 14.9. The first-order chi connectivity index (χ1) is 23.8. The number of hydrogen-bond acceptors (Lipinski definition) is 7. The summed E-state index contributed by atoms with van der Waals surface area (Å²) in [6.07, 6.45) is 10.7. The van der Waals surface area contributed by atoms with E-state index in [1.807, 2.05) is 18.2 Å². The zero-order valence-electron chi connectivity index (χ0n) is 32.2. The van der Waals surface area contributed by atoms with Crippen LogP contribution in [0, 0.1) is 50.2 Å². The summed E-state index contributed by atoms with van der Waals surface area (Å²) in [6.45, 7) is 17.0. The van der Waals surface area contributed by atoms with Gasteiger partial charge < -0.3 is 14.2 Å². The van der Waals surface area contributed by atoms with Gasteiger partial charge in [0.15, 0.2) is 12.1 Å². The molecule has 282 valence electrons. The highest BCUT2D eigenvalue weighted by Crippen LogP contribution is 2.75. The number of rotatable bonds is 9. The molecule has 8 nitrogen and oxygen atoms in total. The number of benzene rings is 1. The molecule has 5 fully saturated rings. The number of sulfonamides is 1. The molecule has 11 atom stereocenters. The number of ether oxygens (including phenoxy) is 3. The van der Waals surface area contributed by atoms with Crippen molar-refractivity contribution in [3.63, 3.8) is 0 Å².